The smallest absolute Gasteiger partial charge is 0.0584 e. The van der Waals surface area contributed by atoms with Crippen LogP contribution in [0, 0.1) is 0 Å². The fourth-order valence-corrected chi connectivity index (χ4v) is 2.18. The Morgan fingerprint density at radius 3 is 2.31 bits per heavy atom. The number of para-hydroxylation sites is 1. The van der Waals surface area contributed by atoms with Crippen LogP contribution in [0.2, 0.25) is 0 Å². The second-order valence-electron chi connectivity index (χ2n) is 4.39. The normalized spacial score (nSPS) is 19.8. The van der Waals surface area contributed by atoms with Crippen molar-refractivity contribution in [1.29, 1.82) is 0 Å². The van der Waals surface area contributed by atoms with Gasteiger partial charge in [0, 0.05) is 37.9 Å². The Balaban J connectivity index is 1.91. The van der Waals surface area contributed by atoms with Crippen molar-refractivity contribution in [3.8, 4) is 0 Å². The van der Waals surface area contributed by atoms with Gasteiger partial charge in [0.25, 0.3) is 0 Å². The van der Waals surface area contributed by atoms with E-state index in [1.807, 2.05) is 6.07 Å². The molecule has 1 saturated heterocycles. The monoisotopic (exact) mass is 220 g/mol. The highest BCUT2D eigenvalue weighted by Crippen LogP contribution is 2.16. The molecule has 1 aromatic carbocycles. The highest BCUT2D eigenvalue weighted by Gasteiger charge is 2.20. The Labute approximate surface area is 97.3 Å². The van der Waals surface area contributed by atoms with Crippen LogP contribution in [0.1, 0.15) is 6.92 Å². The van der Waals surface area contributed by atoms with Gasteiger partial charge in [0.1, 0.15) is 0 Å². The minimum atomic E-state index is 0.255. The van der Waals surface area contributed by atoms with Gasteiger partial charge in [-0.15, -0.1) is 0 Å². The van der Waals surface area contributed by atoms with Crippen molar-refractivity contribution in [2.75, 3.05) is 37.7 Å². The number of rotatable bonds is 3. The molecule has 3 heteroatoms. The zero-order valence-corrected chi connectivity index (χ0v) is 9.84. The van der Waals surface area contributed by atoms with Gasteiger partial charge in [-0.3, -0.25) is 4.90 Å². The van der Waals surface area contributed by atoms with Crippen molar-refractivity contribution in [2.45, 2.75) is 13.0 Å². The molecule has 2 rings (SSSR count). The van der Waals surface area contributed by atoms with Gasteiger partial charge in [0.2, 0.25) is 0 Å². The molecule has 1 fully saturated rings. The second kappa shape index (κ2) is 5.32. The fraction of sp³-hybridized carbons (Fsp3) is 0.538. The molecule has 0 aromatic heterocycles. The van der Waals surface area contributed by atoms with Crippen molar-refractivity contribution >= 4 is 5.69 Å². The van der Waals surface area contributed by atoms with E-state index < -0.39 is 0 Å². The fourth-order valence-electron chi connectivity index (χ4n) is 2.18. The maximum absolute atomic E-state index is 9.11. The van der Waals surface area contributed by atoms with Crippen LogP contribution in [-0.2, 0) is 0 Å². The van der Waals surface area contributed by atoms with E-state index in [0.717, 1.165) is 26.2 Å². The summed E-state index contributed by atoms with van der Waals surface area (Å²) < 4.78 is 0. The largest absolute Gasteiger partial charge is 0.395 e. The predicted octanol–water partition coefficient (Wildman–Crippen LogP) is 1.19. The predicted molar refractivity (Wildman–Crippen MR) is 66.8 cm³/mol. The van der Waals surface area contributed by atoms with E-state index >= 15 is 0 Å². The summed E-state index contributed by atoms with van der Waals surface area (Å²) >= 11 is 0. The highest BCUT2D eigenvalue weighted by molar-refractivity contribution is 5.46. The van der Waals surface area contributed by atoms with E-state index in [2.05, 4.69) is 41.0 Å². The van der Waals surface area contributed by atoms with Crippen molar-refractivity contribution in [3.05, 3.63) is 30.3 Å². The van der Waals surface area contributed by atoms with E-state index in [4.69, 9.17) is 5.11 Å². The number of aliphatic hydroxyl groups excluding tert-OH is 1. The van der Waals surface area contributed by atoms with E-state index in [0.29, 0.717) is 0 Å². The molecule has 0 saturated carbocycles. The number of benzene rings is 1. The summed E-state index contributed by atoms with van der Waals surface area (Å²) in [7, 11) is 0. The van der Waals surface area contributed by atoms with Crippen LogP contribution in [0.25, 0.3) is 0 Å². The van der Waals surface area contributed by atoms with Gasteiger partial charge in [-0.25, -0.2) is 0 Å². The first-order valence-corrected chi connectivity index (χ1v) is 5.96. The minimum Gasteiger partial charge on any atom is -0.395 e. The van der Waals surface area contributed by atoms with Crippen LogP contribution >= 0.6 is 0 Å². The van der Waals surface area contributed by atoms with Gasteiger partial charge in [-0.05, 0) is 19.1 Å². The van der Waals surface area contributed by atoms with Crippen LogP contribution in [0.5, 0.6) is 0 Å². The average molecular weight is 220 g/mol. The first kappa shape index (κ1) is 11.4. The van der Waals surface area contributed by atoms with Gasteiger partial charge in [0.15, 0.2) is 0 Å². The molecular weight excluding hydrogens is 200 g/mol. The summed E-state index contributed by atoms with van der Waals surface area (Å²) in [6.45, 7) is 6.51. The molecule has 1 aliphatic rings. The Hall–Kier alpha value is -1.06. The third-order valence-electron chi connectivity index (χ3n) is 3.32. The number of piperazine rings is 1. The lowest BCUT2D eigenvalue weighted by atomic mass is 10.2. The van der Waals surface area contributed by atoms with Crippen LogP contribution in [0.15, 0.2) is 30.3 Å². The summed E-state index contributed by atoms with van der Waals surface area (Å²) in [5, 5.41) is 9.11. The van der Waals surface area contributed by atoms with Crippen LogP contribution in [-0.4, -0.2) is 48.8 Å². The molecule has 0 spiro atoms. The number of hydrogen-bond donors (Lipinski definition) is 1. The summed E-state index contributed by atoms with van der Waals surface area (Å²) in [6, 6.07) is 10.8. The van der Waals surface area contributed by atoms with E-state index in [9.17, 15) is 0 Å². The van der Waals surface area contributed by atoms with E-state index in [-0.39, 0.29) is 12.6 Å². The molecule has 0 aliphatic carbocycles. The number of aliphatic hydroxyl groups is 1. The summed E-state index contributed by atoms with van der Waals surface area (Å²) in [6.07, 6.45) is 0. The molecule has 0 amide bonds. The van der Waals surface area contributed by atoms with Gasteiger partial charge in [-0.2, -0.15) is 0 Å². The highest BCUT2D eigenvalue weighted by atomic mass is 16.3. The third-order valence-corrected chi connectivity index (χ3v) is 3.32. The SMILES string of the molecule is C[C@@H](CO)N1CCN(c2ccccc2)CC1. The standard InChI is InChI=1S/C13H20N2O/c1-12(11-16)14-7-9-15(10-8-14)13-5-3-2-4-6-13/h2-6,12,16H,7-11H2,1H3/t12-/m0/s1. The molecule has 0 bridgehead atoms. The lowest BCUT2D eigenvalue weighted by Crippen LogP contribution is -2.50. The first-order chi connectivity index (χ1) is 7.81. The molecular formula is C13H20N2O. The molecule has 0 unspecified atom stereocenters. The van der Waals surface area contributed by atoms with E-state index in [1.165, 1.54) is 5.69 Å². The van der Waals surface area contributed by atoms with Crippen LogP contribution in [0.3, 0.4) is 0 Å². The van der Waals surface area contributed by atoms with Gasteiger partial charge >= 0.3 is 0 Å². The topological polar surface area (TPSA) is 26.7 Å². The molecule has 1 aromatic rings. The molecule has 0 radical (unpaired) electrons. The van der Waals surface area contributed by atoms with E-state index in [1.54, 1.807) is 0 Å². The van der Waals surface area contributed by atoms with Gasteiger partial charge in [-0.1, -0.05) is 18.2 Å². The van der Waals surface area contributed by atoms with Crippen molar-refractivity contribution in [2.24, 2.45) is 0 Å². The summed E-state index contributed by atoms with van der Waals surface area (Å²) in [4.78, 5) is 4.75. The zero-order valence-electron chi connectivity index (χ0n) is 9.84. The van der Waals surface area contributed by atoms with Crippen molar-refractivity contribution in [1.82, 2.24) is 4.90 Å². The zero-order chi connectivity index (χ0) is 11.4. The number of anilines is 1. The quantitative estimate of drug-likeness (QED) is 0.829. The second-order valence-corrected chi connectivity index (χ2v) is 4.39. The minimum absolute atomic E-state index is 0.255. The van der Waals surface area contributed by atoms with Crippen molar-refractivity contribution < 1.29 is 5.11 Å². The Bertz CT molecular complexity index is 307. The lowest BCUT2D eigenvalue weighted by Gasteiger charge is -2.38. The molecule has 1 heterocycles. The van der Waals surface area contributed by atoms with Crippen molar-refractivity contribution in [3.63, 3.8) is 0 Å². The Kier molecular flexibility index (Phi) is 3.80. The molecule has 1 aliphatic heterocycles. The molecule has 1 N–H and O–H groups in total. The Morgan fingerprint density at radius 1 is 1.12 bits per heavy atom. The third kappa shape index (κ3) is 2.54. The summed E-state index contributed by atoms with van der Waals surface area (Å²) in [5.74, 6) is 0. The molecule has 16 heavy (non-hydrogen) atoms. The maximum Gasteiger partial charge on any atom is 0.0584 e. The first-order valence-electron chi connectivity index (χ1n) is 5.96. The Morgan fingerprint density at radius 2 is 1.75 bits per heavy atom. The van der Waals surface area contributed by atoms with Gasteiger partial charge in [0.05, 0.1) is 6.61 Å². The van der Waals surface area contributed by atoms with Gasteiger partial charge < -0.3 is 10.0 Å². The lowest BCUT2D eigenvalue weighted by molar-refractivity contribution is 0.128. The van der Waals surface area contributed by atoms with Crippen LogP contribution < -0.4 is 4.90 Å². The maximum atomic E-state index is 9.11. The molecule has 1 atom stereocenters. The average Bonchev–Trinajstić information content (AvgIpc) is 2.39. The molecule has 3 nitrogen and oxygen atoms in total. The number of nitrogens with zero attached hydrogens (tertiary/aromatic N) is 2. The number of hydrogen-bond acceptors (Lipinski definition) is 3. The summed E-state index contributed by atoms with van der Waals surface area (Å²) in [5.41, 5.74) is 1.30. The molecule has 88 valence electrons. The van der Waals surface area contributed by atoms with Crippen LogP contribution in [0.4, 0.5) is 5.69 Å².